The number of aromatic hydroxyl groups is 1. The van der Waals surface area contributed by atoms with Crippen molar-refractivity contribution in [2.24, 2.45) is 0 Å². The van der Waals surface area contributed by atoms with Crippen LogP contribution in [0.2, 0.25) is 0 Å². The van der Waals surface area contributed by atoms with Gasteiger partial charge >= 0.3 is 0 Å². The molecule has 2 rings (SSSR count). The van der Waals surface area contributed by atoms with Crippen LogP contribution in [0.25, 0.3) is 0 Å². The van der Waals surface area contributed by atoms with Crippen molar-refractivity contribution < 1.29 is 13.5 Å². The molecule has 1 aromatic rings. The molecular formula is C13H20N2O3S. The summed E-state index contributed by atoms with van der Waals surface area (Å²) >= 11 is 0. The van der Waals surface area contributed by atoms with Gasteiger partial charge in [0.15, 0.2) is 0 Å². The maximum absolute atomic E-state index is 12.5. The molecule has 0 aromatic heterocycles. The van der Waals surface area contributed by atoms with Crippen molar-refractivity contribution in [3.05, 3.63) is 24.3 Å². The maximum Gasteiger partial charge on any atom is 0.243 e. The van der Waals surface area contributed by atoms with Crippen LogP contribution in [0.1, 0.15) is 13.3 Å². The van der Waals surface area contributed by atoms with Crippen molar-refractivity contribution >= 4 is 10.0 Å². The topological polar surface area (TPSA) is 60.9 Å². The summed E-state index contributed by atoms with van der Waals surface area (Å²) in [7, 11) is -1.48. The fourth-order valence-corrected chi connectivity index (χ4v) is 3.88. The third kappa shape index (κ3) is 2.91. The Morgan fingerprint density at radius 2 is 2.11 bits per heavy atom. The molecule has 1 heterocycles. The SMILES string of the molecule is CCC1CN(S(=O)(=O)c2cccc(O)c2)CCN1C. The van der Waals surface area contributed by atoms with E-state index in [1.54, 1.807) is 6.07 Å². The number of likely N-dealkylation sites (N-methyl/N-ethyl adjacent to an activating group) is 1. The average Bonchev–Trinajstić information content (AvgIpc) is 2.39. The minimum atomic E-state index is -3.50. The standard InChI is InChI=1S/C13H20N2O3S/c1-3-11-10-15(8-7-14(11)2)19(17,18)13-6-4-5-12(16)9-13/h4-6,9,11,16H,3,7-8,10H2,1-2H3. The largest absolute Gasteiger partial charge is 0.508 e. The molecule has 1 N–H and O–H groups in total. The average molecular weight is 284 g/mol. The van der Waals surface area contributed by atoms with E-state index >= 15 is 0 Å². The van der Waals surface area contributed by atoms with Crippen LogP contribution in [0.5, 0.6) is 5.75 Å². The van der Waals surface area contributed by atoms with Crippen LogP contribution in [0.3, 0.4) is 0 Å². The lowest BCUT2D eigenvalue weighted by Gasteiger charge is -2.38. The van der Waals surface area contributed by atoms with E-state index in [9.17, 15) is 13.5 Å². The predicted octanol–water partition coefficient (Wildman–Crippen LogP) is 1.11. The quantitative estimate of drug-likeness (QED) is 0.903. The van der Waals surface area contributed by atoms with E-state index < -0.39 is 10.0 Å². The first kappa shape index (κ1) is 14.3. The number of nitrogens with zero attached hydrogens (tertiary/aromatic N) is 2. The van der Waals surface area contributed by atoms with Gasteiger partial charge in [-0.1, -0.05) is 13.0 Å². The second kappa shape index (κ2) is 5.48. The third-order valence-corrected chi connectivity index (χ3v) is 5.53. The summed E-state index contributed by atoms with van der Waals surface area (Å²) in [5, 5.41) is 9.42. The molecule has 1 aliphatic heterocycles. The zero-order valence-electron chi connectivity index (χ0n) is 11.3. The molecule has 1 atom stereocenters. The number of hydrogen-bond donors (Lipinski definition) is 1. The Labute approximate surface area is 114 Å². The summed E-state index contributed by atoms with van der Waals surface area (Å²) in [4.78, 5) is 2.35. The van der Waals surface area contributed by atoms with Crippen molar-refractivity contribution in [1.29, 1.82) is 0 Å². The van der Waals surface area contributed by atoms with Gasteiger partial charge in [0.1, 0.15) is 5.75 Å². The van der Waals surface area contributed by atoms with E-state index in [1.807, 2.05) is 7.05 Å². The minimum Gasteiger partial charge on any atom is -0.508 e. The normalized spacial score (nSPS) is 22.5. The summed E-state index contributed by atoms with van der Waals surface area (Å²) in [6, 6.07) is 6.09. The molecule has 0 spiro atoms. The van der Waals surface area contributed by atoms with Gasteiger partial charge in [-0.05, 0) is 31.7 Å². The minimum absolute atomic E-state index is 0.0257. The first-order valence-electron chi connectivity index (χ1n) is 6.44. The van der Waals surface area contributed by atoms with Crippen molar-refractivity contribution in [3.63, 3.8) is 0 Å². The number of sulfonamides is 1. The summed E-state index contributed by atoms with van der Waals surface area (Å²) in [6.45, 7) is 3.79. The van der Waals surface area contributed by atoms with E-state index in [0.29, 0.717) is 13.1 Å². The lowest BCUT2D eigenvalue weighted by atomic mass is 10.1. The van der Waals surface area contributed by atoms with E-state index in [2.05, 4.69) is 11.8 Å². The van der Waals surface area contributed by atoms with Gasteiger partial charge in [-0.15, -0.1) is 0 Å². The third-order valence-electron chi connectivity index (χ3n) is 3.67. The summed E-state index contributed by atoms with van der Waals surface area (Å²) in [5.74, 6) is -0.0257. The monoisotopic (exact) mass is 284 g/mol. The summed E-state index contributed by atoms with van der Waals surface area (Å²) in [6.07, 6.45) is 0.919. The molecule has 6 heteroatoms. The van der Waals surface area contributed by atoms with Crippen molar-refractivity contribution in [2.75, 3.05) is 26.7 Å². The molecule has 0 aliphatic carbocycles. The van der Waals surface area contributed by atoms with E-state index in [-0.39, 0.29) is 16.7 Å². The first-order chi connectivity index (χ1) is 8.95. The van der Waals surface area contributed by atoms with Crippen LogP contribution in [0.4, 0.5) is 0 Å². The van der Waals surface area contributed by atoms with Crippen LogP contribution in [-0.2, 0) is 10.0 Å². The molecule has 0 amide bonds. The lowest BCUT2D eigenvalue weighted by molar-refractivity contribution is 0.144. The van der Waals surface area contributed by atoms with Crippen LogP contribution in [0, 0.1) is 0 Å². The van der Waals surface area contributed by atoms with E-state index in [4.69, 9.17) is 0 Å². The molecule has 1 aliphatic rings. The second-order valence-corrected chi connectivity index (χ2v) is 6.84. The van der Waals surface area contributed by atoms with Gasteiger partial charge in [0.2, 0.25) is 10.0 Å². The lowest BCUT2D eigenvalue weighted by Crippen LogP contribution is -2.52. The number of rotatable bonds is 3. The van der Waals surface area contributed by atoms with Crippen LogP contribution in [0.15, 0.2) is 29.2 Å². The highest BCUT2D eigenvalue weighted by Gasteiger charge is 2.31. The number of phenols is 1. The highest BCUT2D eigenvalue weighted by molar-refractivity contribution is 7.89. The Morgan fingerprint density at radius 3 is 2.74 bits per heavy atom. The first-order valence-corrected chi connectivity index (χ1v) is 7.88. The molecule has 1 fully saturated rings. The molecule has 1 aromatic carbocycles. The molecule has 1 saturated heterocycles. The van der Waals surface area contributed by atoms with Gasteiger partial charge in [-0.2, -0.15) is 4.31 Å². The van der Waals surface area contributed by atoms with Gasteiger partial charge < -0.3 is 10.0 Å². The van der Waals surface area contributed by atoms with Crippen molar-refractivity contribution in [1.82, 2.24) is 9.21 Å². The smallest absolute Gasteiger partial charge is 0.243 e. The van der Waals surface area contributed by atoms with Crippen LogP contribution >= 0.6 is 0 Å². The van der Waals surface area contributed by atoms with Gasteiger partial charge in [-0.3, -0.25) is 0 Å². The zero-order chi connectivity index (χ0) is 14.0. The maximum atomic E-state index is 12.5. The fourth-order valence-electron chi connectivity index (χ4n) is 2.37. The Balaban J connectivity index is 2.25. The van der Waals surface area contributed by atoms with Gasteiger partial charge in [0.05, 0.1) is 4.90 Å². The molecule has 19 heavy (non-hydrogen) atoms. The number of benzene rings is 1. The highest BCUT2D eigenvalue weighted by atomic mass is 32.2. The molecule has 0 saturated carbocycles. The molecular weight excluding hydrogens is 264 g/mol. The molecule has 0 bridgehead atoms. The van der Waals surface area contributed by atoms with Gasteiger partial charge in [0.25, 0.3) is 0 Å². The highest BCUT2D eigenvalue weighted by Crippen LogP contribution is 2.23. The Kier molecular flexibility index (Phi) is 4.13. The molecule has 106 valence electrons. The molecule has 5 nitrogen and oxygen atoms in total. The summed E-state index contributed by atoms with van der Waals surface area (Å²) in [5.41, 5.74) is 0. The fraction of sp³-hybridized carbons (Fsp3) is 0.538. The van der Waals surface area contributed by atoms with E-state index in [1.165, 1.54) is 22.5 Å². The number of piperazine rings is 1. The summed E-state index contributed by atoms with van der Waals surface area (Å²) < 4.78 is 26.5. The zero-order valence-corrected chi connectivity index (χ0v) is 12.1. The molecule has 1 unspecified atom stereocenters. The Morgan fingerprint density at radius 1 is 1.37 bits per heavy atom. The van der Waals surface area contributed by atoms with Gasteiger partial charge in [-0.25, -0.2) is 8.42 Å². The Hall–Kier alpha value is -1.11. The van der Waals surface area contributed by atoms with E-state index in [0.717, 1.165) is 13.0 Å². The van der Waals surface area contributed by atoms with Crippen molar-refractivity contribution in [2.45, 2.75) is 24.3 Å². The number of phenolic OH excluding ortho intramolecular Hbond substituents is 1. The second-order valence-electron chi connectivity index (χ2n) is 4.90. The van der Waals surface area contributed by atoms with Crippen LogP contribution in [-0.4, -0.2) is 55.5 Å². The Bertz CT molecular complexity index is 545. The number of hydrogen-bond acceptors (Lipinski definition) is 4. The molecule has 0 radical (unpaired) electrons. The van der Waals surface area contributed by atoms with Crippen LogP contribution < -0.4 is 0 Å². The predicted molar refractivity (Wildman–Crippen MR) is 73.6 cm³/mol. The van der Waals surface area contributed by atoms with Crippen molar-refractivity contribution in [3.8, 4) is 5.75 Å². The van der Waals surface area contributed by atoms with Gasteiger partial charge in [0, 0.05) is 25.7 Å².